The summed E-state index contributed by atoms with van der Waals surface area (Å²) < 4.78 is 12.9. The number of nitrogens with zero attached hydrogens (tertiary/aromatic N) is 2. The third-order valence-electron chi connectivity index (χ3n) is 2.04. The van der Waals surface area contributed by atoms with Gasteiger partial charge in [0.25, 0.3) is 0 Å². The standard InChI is InChI=1S/C11H7ClFN3S/c12-9-3-7(1-2-10(9)13)5-15-11-16-6-8(4-14)17-11/h1-3,6H,5H2,(H,15,16). The summed E-state index contributed by atoms with van der Waals surface area (Å²) in [5.41, 5.74) is 0.852. The van der Waals surface area contributed by atoms with Gasteiger partial charge in [0.1, 0.15) is 16.8 Å². The SMILES string of the molecule is N#Cc1cnc(NCc2ccc(F)c(Cl)c2)s1. The zero-order chi connectivity index (χ0) is 12.3. The van der Waals surface area contributed by atoms with Crippen molar-refractivity contribution in [1.29, 1.82) is 5.26 Å². The van der Waals surface area contributed by atoms with E-state index in [0.29, 0.717) is 16.6 Å². The molecule has 0 fully saturated rings. The lowest BCUT2D eigenvalue weighted by Gasteiger charge is -2.03. The van der Waals surface area contributed by atoms with E-state index in [1.165, 1.54) is 23.6 Å². The number of thiazole rings is 1. The molecule has 2 rings (SSSR count). The van der Waals surface area contributed by atoms with Crippen LogP contribution in [-0.4, -0.2) is 4.98 Å². The summed E-state index contributed by atoms with van der Waals surface area (Å²) >= 11 is 6.93. The molecule has 0 spiro atoms. The molecule has 0 saturated heterocycles. The Balaban J connectivity index is 2.02. The van der Waals surface area contributed by atoms with E-state index in [1.54, 1.807) is 12.1 Å². The first-order valence-electron chi connectivity index (χ1n) is 4.73. The van der Waals surface area contributed by atoms with Gasteiger partial charge in [-0.25, -0.2) is 9.37 Å². The summed E-state index contributed by atoms with van der Waals surface area (Å²) in [4.78, 5) is 4.57. The van der Waals surface area contributed by atoms with Crippen molar-refractivity contribution >= 4 is 28.1 Å². The number of nitrogens with one attached hydrogen (secondary N) is 1. The highest BCUT2D eigenvalue weighted by molar-refractivity contribution is 7.16. The van der Waals surface area contributed by atoms with Crippen LogP contribution in [0.1, 0.15) is 10.4 Å². The van der Waals surface area contributed by atoms with E-state index in [1.807, 2.05) is 6.07 Å². The first kappa shape index (κ1) is 11.8. The van der Waals surface area contributed by atoms with Crippen molar-refractivity contribution < 1.29 is 4.39 Å². The molecule has 0 aliphatic heterocycles. The van der Waals surface area contributed by atoms with Gasteiger partial charge in [-0.2, -0.15) is 5.26 Å². The quantitative estimate of drug-likeness (QED) is 0.927. The predicted octanol–water partition coefficient (Wildman–Crippen LogP) is 3.42. The van der Waals surface area contributed by atoms with E-state index < -0.39 is 5.82 Å². The number of nitriles is 1. The molecule has 0 atom stereocenters. The maximum Gasteiger partial charge on any atom is 0.184 e. The number of halogens is 2. The van der Waals surface area contributed by atoms with Crippen molar-refractivity contribution in [1.82, 2.24) is 4.98 Å². The van der Waals surface area contributed by atoms with Crippen LogP contribution >= 0.6 is 22.9 Å². The number of aromatic nitrogens is 1. The minimum atomic E-state index is -0.434. The minimum absolute atomic E-state index is 0.0983. The van der Waals surface area contributed by atoms with Gasteiger partial charge < -0.3 is 5.32 Å². The van der Waals surface area contributed by atoms with E-state index in [4.69, 9.17) is 16.9 Å². The van der Waals surface area contributed by atoms with E-state index in [9.17, 15) is 4.39 Å². The number of anilines is 1. The van der Waals surface area contributed by atoms with Crippen molar-refractivity contribution in [3.8, 4) is 6.07 Å². The van der Waals surface area contributed by atoms with Crippen LogP contribution in [-0.2, 0) is 6.54 Å². The Morgan fingerprint density at radius 2 is 2.35 bits per heavy atom. The van der Waals surface area contributed by atoms with Crippen LogP contribution in [0.5, 0.6) is 0 Å². The van der Waals surface area contributed by atoms with Crippen LogP contribution < -0.4 is 5.32 Å². The molecule has 0 aliphatic carbocycles. The molecule has 0 bridgehead atoms. The summed E-state index contributed by atoms with van der Waals surface area (Å²) in [7, 11) is 0. The van der Waals surface area contributed by atoms with E-state index >= 15 is 0 Å². The number of benzene rings is 1. The molecule has 1 heterocycles. The van der Waals surface area contributed by atoms with Crippen molar-refractivity contribution in [2.45, 2.75) is 6.54 Å². The zero-order valence-electron chi connectivity index (χ0n) is 8.58. The summed E-state index contributed by atoms with van der Waals surface area (Å²) in [6.07, 6.45) is 1.50. The topological polar surface area (TPSA) is 48.7 Å². The smallest absolute Gasteiger partial charge is 0.184 e. The molecule has 0 saturated carbocycles. The number of rotatable bonds is 3. The van der Waals surface area contributed by atoms with Crippen LogP contribution in [0.4, 0.5) is 9.52 Å². The molecule has 17 heavy (non-hydrogen) atoms. The van der Waals surface area contributed by atoms with Gasteiger partial charge >= 0.3 is 0 Å². The van der Waals surface area contributed by atoms with Gasteiger partial charge in [0.05, 0.1) is 11.2 Å². The largest absolute Gasteiger partial charge is 0.357 e. The normalized spacial score (nSPS) is 9.94. The average molecular weight is 268 g/mol. The fourth-order valence-corrected chi connectivity index (χ4v) is 2.05. The van der Waals surface area contributed by atoms with Gasteiger partial charge in [-0.1, -0.05) is 29.0 Å². The van der Waals surface area contributed by atoms with Crippen LogP contribution in [0, 0.1) is 17.1 Å². The average Bonchev–Trinajstić information content (AvgIpc) is 2.79. The molecule has 1 N–H and O–H groups in total. The Morgan fingerprint density at radius 3 is 3.00 bits per heavy atom. The highest BCUT2D eigenvalue weighted by Gasteiger charge is 2.03. The molecule has 1 aromatic heterocycles. The maximum atomic E-state index is 12.9. The molecule has 6 heteroatoms. The van der Waals surface area contributed by atoms with Gasteiger partial charge in [-0.3, -0.25) is 0 Å². The maximum absolute atomic E-state index is 12.9. The first-order valence-corrected chi connectivity index (χ1v) is 5.92. The monoisotopic (exact) mass is 267 g/mol. The highest BCUT2D eigenvalue weighted by Crippen LogP contribution is 2.19. The Kier molecular flexibility index (Phi) is 3.57. The fourth-order valence-electron chi connectivity index (χ4n) is 1.23. The van der Waals surface area contributed by atoms with Crippen molar-refractivity contribution in [3.63, 3.8) is 0 Å². The minimum Gasteiger partial charge on any atom is -0.357 e. The number of hydrogen-bond acceptors (Lipinski definition) is 4. The Labute approximate surface area is 106 Å². The molecule has 1 aromatic carbocycles. The lowest BCUT2D eigenvalue weighted by atomic mass is 10.2. The van der Waals surface area contributed by atoms with E-state index in [0.717, 1.165) is 5.56 Å². The fraction of sp³-hybridized carbons (Fsp3) is 0.0909. The summed E-state index contributed by atoms with van der Waals surface area (Å²) in [5.74, 6) is -0.434. The summed E-state index contributed by atoms with van der Waals surface area (Å²) in [6.45, 7) is 0.485. The zero-order valence-corrected chi connectivity index (χ0v) is 10.1. The van der Waals surface area contributed by atoms with Crippen LogP contribution in [0.25, 0.3) is 0 Å². The lowest BCUT2D eigenvalue weighted by Crippen LogP contribution is -1.98. The molecule has 0 aliphatic rings. The molecule has 86 valence electrons. The van der Waals surface area contributed by atoms with Gasteiger partial charge in [0.15, 0.2) is 5.13 Å². The van der Waals surface area contributed by atoms with Crippen LogP contribution in [0.3, 0.4) is 0 Å². The second-order valence-electron chi connectivity index (χ2n) is 3.24. The van der Waals surface area contributed by atoms with Crippen molar-refractivity contribution in [2.75, 3.05) is 5.32 Å². The third-order valence-corrected chi connectivity index (χ3v) is 3.19. The van der Waals surface area contributed by atoms with Crippen molar-refractivity contribution in [3.05, 3.63) is 45.7 Å². The Bertz CT molecular complexity index is 576. The first-order chi connectivity index (χ1) is 8.19. The van der Waals surface area contributed by atoms with Gasteiger partial charge in [0, 0.05) is 6.54 Å². The number of hydrogen-bond donors (Lipinski definition) is 1. The van der Waals surface area contributed by atoms with E-state index in [2.05, 4.69) is 10.3 Å². The predicted molar refractivity (Wildman–Crippen MR) is 65.6 cm³/mol. The summed E-state index contributed by atoms with van der Waals surface area (Å²) in [5, 5.41) is 12.4. The van der Waals surface area contributed by atoms with Crippen LogP contribution in [0.15, 0.2) is 24.4 Å². The lowest BCUT2D eigenvalue weighted by molar-refractivity contribution is 0.627. The molecule has 0 radical (unpaired) electrons. The molecular formula is C11H7ClFN3S. The van der Waals surface area contributed by atoms with E-state index in [-0.39, 0.29) is 5.02 Å². The van der Waals surface area contributed by atoms with Crippen LogP contribution in [0.2, 0.25) is 5.02 Å². The molecule has 0 amide bonds. The van der Waals surface area contributed by atoms with Crippen molar-refractivity contribution in [2.24, 2.45) is 0 Å². The molecular weight excluding hydrogens is 261 g/mol. The third kappa shape index (κ3) is 2.93. The van der Waals surface area contributed by atoms with Gasteiger partial charge in [0.2, 0.25) is 0 Å². The molecule has 2 aromatic rings. The summed E-state index contributed by atoms with van der Waals surface area (Å²) in [6, 6.07) is 6.53. The second-order valence-corrected chi connectivity index (χ2v) is 4.68. The van der Waals surface area contributed by atoms with Gasteiger partial charge in [-0.15, -0.1) is 0 Å². The Hall–Kier alpha value is -1.64. The highest BCUT2D eigenvalue weighted by atomic mass is 35.5. The Morgan fingerprint density at radius 1 is 1.53 bits per heavy atom. The molecule has 3 nitrogen and oxygen atoms in total. The second kappa shape index (κ2) is 5.13. The molecule has 0 unspecified atom stereocenters. The van der Waals surface area contributed by atoms with Gasteiger partial charge in [-0.05, 0) is 17.7 Å².